The van der Waals surface area contributed by atoms with Crippen LogP contribution in [0.25, 0.3) is 22.5 Å². The van der Waals surface area contributed by atoms with Crippen molar-refractivity contribution in [2.75, 3.05) is 0 Å². The normalized spacial score (nSPS) is 10.7. The fraction of sp³-hybridized carbons (Fsp3) is 0.150. The van der Waals surface area contributed by atoms with Gasteiger partial charge in [0.25, 0.3) is 0 Å². The molecule has 22 heavy (non-hydrogen) atoms. The Morgan fingerprint density at radius 2 is 1.36 bits per heavy atom. The molecular weight excluding hydrogens is 272 g/mol. The second-order valence-corrected chi connectivity index (χ2v) is 5.70. The number of hydrogen-bond acceptors (Lipinski definition) is 2. The Labute approximate surface area is 130 Å². The third-order valence-corrected chi connectivity index (χ3v) is 3.73. The zero-order valence-electron chi connectivity index (χ0n) is 13.0. The molecule has 0 fully saturated rings. The van der Waals surface area contributed by atoms with Gasteiger partial charge in [-0.2, -0.15) is 0 Å². The van der Waals surface area contributed by atoms with Gasteiger partial charge in [-0.05, 0) is 38.5 Å². The number of aryl methyl sites for hydroxylation is 3. The van der Waals surface area contributed by atoms with Crippen molar-refractivity contribution in [3.05, 3.63) is 81.7 Å². The van der Waals surface area contributed by atoms with Crippen LogP contribution < -0.4 is 5.63 Å². The molecule has 0 unspecified atom stereocenters. The summed E-state index contributed by atoms with van der Waals surface area (Å²) in [6.07, 6.45) is 0. The molecular formula is C20H18O2. The van der Waals surface area contributed by atoms with Crippen molar-refractivity contribution >= 4 is 0 Å². The Kier molecular flexibility index (Phi) is 3.68. The van der Waals surface area contributed by atoms with Gasteiger partial charge < -0.3 is 4.42 Å². The smallest absolute Gasteiger partial charge is 0.339 e. The van der Waals surface area contributed by atoms with Crippen LogP contribution in [0.4, 0.5) is 0 Å². The van der Waals surface area contributed by atoms with Crippen molar-refractivity contribution in [2.45, 2.75) is 20.8 Å². The van der Waals surface area contributed by atoms with E-state index in [1.807, 2.05) is 49.4 Å². The van der Waals surface area contributed by atoms with Gasteiger partial charge in [-0.25, -0.2) is 4.79 Å². The first-order valence-corrected chi connectivity index (χ1v) is 7.33. The van der Waals surface area contributed by atoms with E-state index in [0.29, 0.717) is 11.3 Å². The summed E-state index contributed by atoms with van der Waals surface area (Å²) in [5, 5.41) is 0. The molecule has 0 spiro atoms. The lowest BCUT2D eigenvalue weighted by Gasteiger charge is -2.10. The lowest BCUT2D eigenvalue weighted by atomic mass is 9.97. The highest BCUT2D eigenvalue weighted by Crippen LogP contribution is 2.32. The minimum atomic E-state index is -0.284. The van der Waals surface area contributed by atoms with Crippen LogP contribution in [-0.4, -0.2) is 0 Å². The minimum absolute atomic E-state index is 0.284. The number of benzene rings is 2. The molecule has 0 radical (unpaired) electrons. The van der Waals surface area contributed by atoms with E-state index < -0.39 is 0 Å². The van der Waals surface area contributed by atoms with Crippen molar-refractivity contribution in [1.82, 2.24) is 0 Å². The van der Waals surface area contributed by atoms with Crippen molar-refractivity contribution in [2.24, 2.45) is 0 Å². The minimum Gasteiger partial charge on any atom is -0.422 e. The summed E-state index contributed by atoms with van der Waals surface area (Å²) in [6.45, 7) is 5.87. The van der Waals surface area contributed by atoms with Gasteiger partial charge in [0, 0.05) is 16.7 Å². The SMILES string of the molecule is Cc1cccc(-c2cc(C)c(=O)oc2-c2cccc(C)c2)c1. The van der Waals surface area contributed by atoms with E-state index in [4.69, 9.17) is 4.42 Å². The van der Waals surface area contributed by atoms with Crippen LogP contribution >= 0.6 is 0 Å². The van der Waals surface area contributed by atoms with Crippen molar-refractivity contribution in [3.8, 4) is 22.5 Å². The molecule has 3 rings (SSSR count). The van der Waals surface area contributed by atoms with Crippen LogP contribution in [0.15, 0.2) is 63.8 Å². The van der Waals surface area contributed by atoms with Gasteiger partial charge in [0.05, 0.1) is 0 Å². The van der Waals surface area contributed by atoms with Crippen LogP contribution in [0.5, 0.6) is 0 Å². The second kappa shape index (κ2) is 5.64. The third-order valence-electron chi connectivity index (χ3n) is 3.73. The maximum Gasteiger partial charge on any atom is 0.339 e. The van der Waals surface area contributed by atoms with Crippen molar-refractivity contribution < 1.29 is 4.42 Å². The maximum absolute atomic E-state index is 12.0. The Morgan fingerprint density at radius 1 is 0.773 bits per heavy atom. The fourth-order valence-electron chi connectivity index (χ4n) is 2.60. The Balaban J connectivity index is 2.30. The summed E-state index contributed by atoms with van der Waals surface area (Å²) in [4.78, 5) is 12.0. The zero-order valence-corrected chi connectivity index (χ0v) is 13.0. The Hall–Kier alpha value is -2.61. The van der Waals surface area contributed by atoms with Gasteiger partial charge in [-0.3, -0.25) is 0 Å². The van der Waals surface area contributed by atoms with Crippen molar-refractivity contribution in [3.63, 3.8) is 0 Å². The van der Waals surface area contributed by atoms with Crippen LogP contribution in [0.1, 0.15) is 16.7 Å². The number of rotatable bonds is 2. The molecule has 0 aliphatic carbocycles. The third kappa shape index (κ3) is 2.73. The van der Waals surface area contributed by atoms with Gasteiger partial charge in [0.2, 0.25) is 0 Å². The van der Waals surface area contributed by atoms with E-state index >= 15 is 0 Å². The predicted octanol–water partition coefficient (Wildman–Crippen LogP) is 4.90. The summed E-state index contributed by atoms with van der Waals surface area (Å²) < 4.78 is 5.62. The van der Waals surface area contributed by atoms with Crippen LogP contribution in [-0.2, 0) is 0 Å². The van der Waals surface area contributed by atoms with Gasteiger partial charge in [-0.15, -0.1) is 0 Å². The molecule has 0 N–H and O–H groups in total. The van der Waals surface area contributed by atoms with Crippen molar-refractivity contribution in [1.29, 1.82) is 0 Å². The molecule has 110 valence electrons. The van der Waals surface area contributed by atoms with Crippen LogP contribution in [0, 0.1) is 20.8 Å². The largest absolute Gasteiger partial charge is 0.422 e. The molecule has 3 aromatic rings. The zero-order chi connectivity index (χ0) is 15.7. The lowest BCUT2D eigenvalue weighted by Crippen LogP contribution is -2.04. The van der Waals surface area contributed by atoms with Gasteiger partial charge in [0.1, 0.15) is 5.76 Å². The molecule has 2 aromatic carbocycles. The quantitative estimate of drug-likeness (QED) is 0.672. The molecule has 1 heterocycles. The van der Waals surface area contributed by atoms with E-state index in [1.165, 1.54) is 5.56 Å². The lowest BCUT2D eigenvalue weighted by molar-refractivity contribution is 0.522. The molecule has 1 aromatic heterocycles. The summed E-state index contributed by atoms with van der Waals surface area (Å²) in [5.41, 5.74) is 5.58. The molecule has 2 nitrogen and oxygen atoms in total. The van der Waals surface area contributed by atoms with Gasteiger partial charge >= 0.3 is 5.63 Å². The molecule has 0 amide bonds. The van der Waals surface area contributed by atoms with E-state index in [0.717, 1.165) is 22.3 Å². The first-order chi connectivity index (χ1) is 10.5. The molecule has 0 saturated carbocycles. The molecule has 0 saturated heterocycles. The van der Waals surface area contributed by atoms with Gasteiger partial charge in [0.15, 0.2) is 0 Å². The van der Waals surface area contributed by atoms with E-state index in [2.05, 4.69) is 19.1 Å². The summed E-state index contributed by atoms with van der Waals surface area (Å²) in [6, 6.07) is 18.2. The summed E-state index contributed by atoms with van der Waals surface area (Å²) in [5.74, 6) is 0.630. The fourth-order valence-corrected chi connectivity index (χ4v) is 2.60. The highest BCUT2D eigenvalue weighted by molar-refractivity contribution is 5.80. The average molecular weight is 290 g/mol. The average Bonchev–Trinajstić information content (AvgIpc) is 2.49. The molecule has 0 atom stereocenters. The number of hydrogen-bond donors (Lipinski definition) is 0. The maximum atomic E-state index is 12.0. The van der Waals surface area contributed by atoms with E-state index in [1.54, 1.807) is 6.92 Å². The molecule has 0 aliphatic heterocycles. The Bertz CT molecular complexity index is 888. The highest BCUT2D eigenvalue weighted by atomic mass is 16.4. The second-order valence-electron chi connectivity index (χ2n) is 5.70. The van der Waals surface area contributed by atoms with E-state index in [9.17, 15) is 4.79 Å². The topological polar surface area (TPSA) is 30.2 Å². The van der Waals surface area contributed by atoms with Gasteiger partial charge in [-0.1, -0.05) is 53.6 Å². The van der Waals surface area contributed by atoms with Crippen LogP contribution in [0.2, 0.25) is 0 Å². The molecule has 0 aliphatic rings. The highest BCUT2D eigenvalue weighted by Gasteiger charge is 2.13. The standard InChI is InChI=1S/C20H18O2/c1-13-6-4-8-16(10-13)18-12-15(3)20(21)22-19(18)17-9-5-7-14(2)11-17/h4-12H,1-3H3. The summed E-state index contributed by atoms with van der Waals surface area (Å²) in [7, 11) is 0. The Morgan fingerprint density at radius 3 is 2.00 bits per heavy atom. The molecule has 0 bridgehead atoms. The first kappa shape index (κ1) is 14.3. The summed E-state index contributed by atoms with van der Waals surface area (Å²) >= 11 is 0. The molecule has 2 heteroatoms. The van der Waals surface area contributed by atoms with Crippen LogP contribution in [0.3, 0.4) is 0 Å². The monoisotopic (exact) mass is 290 g/mol. The first-order valence-electron chi connectivity index (χ1n) is 7.33. The van der Waals surface area contributed by atoms with E-state index in [-0.39, 0.29) is 5.63 Å². The predicted molar refractivity (Wildman–Crippen MR) is 90.1 cm³/mol.